The van der Waals surface area contributed by atoms with Crippen LogP contribution in [-0.4, -0.2) is 25.0 Å². The summed E-state index contributed by atoms with van der Waals surface area (Å²) >= 11 is 0. The van der Waals surface area contributed by atoms with Crippen molar-refractivity contribution in [3.63, 3.8) is 0 Å². The summed E-state index contributed by atoms with van der Waals surface area (Å²) in [6.07, 6.45) is 0. The molecule has 10 heteroatoms. The van der Waals surface area contributed by atoms with Gasteiger partial charge in [-0.15, -0.1) is 0 Å². The molecule has 0 unspecified atom stereocenters. The number of halogens is 3. The van der Waals surface area contributed by atoms with Crippen molar-refractivity contribution in [1.82, 2.24) is 19.1 Å². The van der Waals surface area contributed by atoms with Crippen molar-refractivity contribution in [3.8, 4) is 17.1 Å². The van der Waals surface area contributed by atoms with E-state index in [1.54, 1.807) is 24.3 Å². The molecule has 0 spiro atoms. The lowest BCUT2D eigenvalue weighted by molar-refractivity contribution is 0.0997. The quantitative estimate of drug-likeness (QED) is 0.418. The summed E-state index contributed by atoms with van der Waals surface area (Å²) in [6.45, 7) is 0.0433. The third kappa shape index (κ3) is 3.95. The number of hydrogen-bond acceptors (Lipinski definition) is 4. The molecule has 7 nitrogen and oxygen atoms in total. The predicted octanol–water partition coefficient (Wildman–Crippen LogP) is 3.81. The molecule has 0 saturated heterocycles. The van der Waals surface area contributed by atoms with Gasteiger partial charge in [0.2, 0.25) is 0 Å². The van der Waals surface area contributed by atoms with E-state index in [4.69, 9.17) is 5.73 Å². The zero-order chi connectivity index (χ0) is 24.7. The lowest BCUT2D eigenvalue weighted by Crippen LogP contribution is -2.24. The molecular weight excluding hydrogens is 459 g/mol. The maximum atomic E-state index is 14.5. The van der Waals surface area contributed by atoms with Gasteiger partial charge in [-0.1, -0.05) is 30.3 Å². The lowest BCUT2D eigenvalue weighted by Gasteiger charge is -2.08. The highest BCUT2D eigenvalue weighted by Gasteiger charge is 2.25. The number of rotatable bonds is 5. The molecule has 0 atom stereocenters. The molecule has 2 aromatic heterocycles. The van der Waals surface area contributed by atoms with E-state index in [2.05, 4.69) is 9.97 Å². The fourth-order valence-electron chi connectivity index (χ4n) is 3.85. The second-order valence-corrected chi connectivity index (χ2v) is 7.72. The van der Waals surface area contributed by atoms with E-state index in [-0.39, 0.29) is 40.5 Å². The number of carbonyl (C=O) groups excluding carboxylic acids is 1. The number of fused-ring (bicyclic) bond motifs is 1. The topological polar surface area (TPSA) is 95.8 Å². The van der Waals surface area contributed by atoms with Crippen molar-refractivity contribution in [2.24, 2.45) is 5.73 Å². The first-order valence-corrected chi connectivity index (χ1v) is 10.4. The SMILES string of the molecule is NC(=O)c1nc(-c2cc(F)ccc2F)nc2c1n(Cc1ccccc1)c(=O)n2-c1ccc(F)cc1. The Morgan fingerprint density at radius 3 is 2.26 bits per heavy atom. The van der Waals surface area contributed by atoms with Crippen LogP contribution < -0.4 is 11.4 Å². The number of benzene rings is 3. The van der Waals surface area contributed by atoms with Crippen LogP contribution in [0.25, 0.3) is 28.2 Å². The molecule has 1 amide bonds. The van der Waals surface area contributed by atoms with E-state index in [0.29, 0.717) is 0 Å². The third-order valence-electron chi connectivity index (χ3n) is 5.44. The smallest absolute Gasteiger partial charge is 0.335 e. The highest BCUT2D eigenvalue weighted by atomic mass is 19.1. The Morgan fingerprint density at radius 1 is 0.886 bits per heavy atom. The number of nitrogens with two attached hydrogens (primary N) is 1. The number of nitrogens with zero attached hydrogens (tertiary/aromatic N) is 4. The summed E-state index contributed by atoms with van der Waals surface area (Å²) in [5, 5.41) is 0. The molecule has 0 saturated carbocycles. The molecule has 174 valence electrons. The van der Waals surface area contributed by atoms with Crippen LogP contribution in [0.2, 0.25) is 0 Å². The molecule has 5 aromatic rings. The average Bonchev–Trinajstić information content (AvgIpc) is 3.12. The van der Waals surface area contributed by atoms with Gasteiger partial charge < -0.3 is 5.73 Å². The van der Waals surface area contributed by atoms with Crippen LogP contribution in [0.5, 0.6) is 0 Å². The molecule has 2 heterocycles. The molecule has 0 bridgehead atoms. The third-order valence-corrected chi connectivity index (χ3v) is 5.44. The first-order valence-electron chi connectivity index (χ1n) is 10.4. The van der Waals surface area contributed by atoms with Crippen molar-refractivity contribution in [1.29, 1.82) is 0 Å². The highest BCUT2D eigenvalue weighted by Crippen LogP contribution is 2.26. The second kappa shape index (κ2) is 8.56. The minimum atomic E-state index is -0.992. The minimum absolute atomic E-state index is 0.0104. The molecule has 0 aliphatic rings. The van der Waals surface area contributed by atoms with Gasteiger partial charge in [0, 0.05) is 0 Å². The molecule has 35 heavy (non-hydrogen) atoms. The number of carbonyl (C=O) groups is 1. The van der Waals surface area contributed by atoms with Gasteiger partial charge in [0.25, 0.3) is 5.91 Å². The van der Waals surface area contributed by atoms with Gasteiger partial charge in [-0.25, -0.2) is 32.5 Å². The van der Waals surface area contributed by atoms with Crippen LogP contribution in [0, 0.1) is 17.5 Å². The summed E-state index contributed by atoms with van der Waals surface area (Å²) in [7, 11) is 0. The van der Waals surface area contributed by atoms with E-state index < -0.39 is 29.0 Å². The van der Waals surface area contributed by atoms with Crippen LogP contribution in [0.1, 0.15) is 16.1 Å². The lowest BCUT2D eigenvalue weighted by atomic mass is 10.2. The average molecular weight is 475 g/mol. The Hall–Kier alpha value is -4.73. The molecule has 0 radical (unpaired) electrons. The Morgan fingerprint density at radius 2 is 1.57 bits per heavy atom. The Bertz CT molecular complexity index is 1640. The maximum Gasteiger partial charge on any atom is 0.335 e. The zero-order valence-electron chi connectivity index (χ0n) is 18.0. The first-order chi connectivity index (χ1) is 16.8. The number of primary amides is 1. The summed E-state index contributed by atoms with van der Waals surface area (Å²) in [6, 6.07) is 16.7. The molecule has 0 aliphatic heterocycles. The van der Waals surface area contributed by atoms with Crippen LogP contribution in [0.15, 0.2) is 77.6 Å². The number of aromatic nitrogens is 4. The largest absolute Gasteiger partial charge is 0.364 e. The van der Waals surface area contributed by atoms with Gasteiger partial charge in [-0.05, 0) is 48.0 Å². The van der Waals surface area contributed by atoms with E-state index in [9.17, 15) is 22.8 Å². The summed E-state index contributed by atoms with van der Waals surface area (Å²) < 4.78 is 44.4. The van der Waals surface area contributed by atoms with Crippen LogP contribution in [0.3, 0.4) is 0 Å². The standard InChI is InChI=1S/C25H16F3N5O2/c26-15-6-9-17(10-7-15)33-24-21(32(25(33)35)13-14-4-2-1-3-5-14)20(22(29)34)30-23(31-24)18-12-16(27)8-11-19(18)28/h1-12H,13H2,(H2,29,34). The molecular formula is C25H16F3N5O2. The van der Waals surface area contributed by atoms with Gasteiger partial charge in [0.05, 0.1) is 17.8 Å². The maximum absolute atomic E-state index is 14.5. The normalized spacial score (nSPS) is 11.2. The molecule has 5 rings (SSSR count). The van der Waals surface area contributed by atoms with Gasteiger partial charge in [0.15, 0.2) is 17.2 Å². The summed E-state index contributed by atoms with van der Waals surface area (Å²) in [5.41, 5.74) is 5.26. The van der Waals surface area contributed by atoms with E-state index in [1.165, 1.54) is 16.7 Å². The fourth-order valence-corrected chi connectivity index (χ4v) is 3.85. The van der Waals surface area contributed by atoms with Crippen molar-refractivity contribution in [2.45, 2.75) is 6.54 Å². The Labute approximate surface area is 195 Å². The van der Waals surface area contributed by atoms with E-state index in [1.807, 2.05) is 6.07 Å². The molecule has 3 aromatic carbocycles. The van der Waals surface area contributed by atoms with Crippen LogP contribution >= 0.6 is 0 Å². The minimum Gasteiger partial charge on any atom is -0.364 e. The fraction of sp³-hybridized carbons (Fsp3) is 0.0400. The van der Waals surface area contributed by atoms with Crippen molar-refractivity contribution < 1.29 is 18.0 Å². The van der Waals surface area contributed by atoms with E-state index in [0.717, 1.165) is 40.5 Å². The number of amides is 1. The monoisotopic (exact) mass is 475 g/mol. The Balaban J connectivity index is 1.88. The van der Waals surface area contributed by atoms with E-state index >= 15 is 0 Å². The highest BCUT2D eigenvalue weighted by molar-refractivity contribution is 6.02. The van der Waals surface area contributed by atoms with Crippen molar-refractivity contribution in [3.05, 3.63) is 112 Å². The van der Waals surface area contributed by atoms with Gasteiger partial charge in [0.1, 0.15) is 23.0 Å². The number of hydrogen-bond donors (Lipinski definition) is 1. The predicted molar refractivity (Wildman–Crippen MR) is 122 cm³/mol. The van der Waals surface area contributed by atoms with Gasteiger partial charge >= 0.3 is 5.69 Å². The second-order valence-electron chi connectivity index (χ2n) is 7.72. The van der Waals surface area contributed by atoms with Gasteiger partial charge in [-0.2, -0.15) is 0 Å². The number of imidazole rings is 1. The van der Waals surface area contributed by atoms with Crippen molar-refractivity contribution in [2.75, 3.05) is 0 Å². The van der Waals surface area contributed by atoms with Crippen LogP contribution in [0.4, 0.5) is 13.2 Å². The molecule has 0 fully saturated rings. The summed E-state index contributed by atoms with van der Waals surface area (Å²) in [4.78, 5) is 34.5. The first kappa shape index (κ1) is 22.1. The zero-order valence-corrected chi connectivity index (χ0v) is 18.0. The molecule has 2 N–H and O–H groups in total. The summed E-state index contributed by atoms with van der Waals surface area (Å²) in [5.74, 6) is -3.43. The van der Waals surface area contributed by atoms with Gasteiger partial charge in [-0.3, -0.25) is 9.36 Å². The molecule has 0 aliphatic carbocycles. The Kier molecular flexibility index (Phi) is 5.40. The van der Waals surface area contributed by atoms with Crippen molar-refractivity contribution >= 4 is 17.1 Å². The van der Waals surface area contributed by atoms with Crippen LogP contribution in [-0.2, 0) is 6.54 Å².